The fourth-order valence-electron chi connectivity index (χ4n) is 1.30. The zero-order valence-corrected chi connectivity index (χ0v) is 7.46. The molecule has 0 saturated heterocycles. The number of allylic oxidation sites excluding steroid dienone is 1. The predicted octanol–water partition coefficient (Wildman–Crippen LogP) is 2.31. The van der Waals surface area contributed by atoms with Crippen molar-refractivity contribution in [1.29, 1.82) is 0 Å². The largest absolute Gasteiger partial charge is 0.471 e. The Hall–Kier alpha value is -0.500. The molecule has 1 rings (SSSR count). The van der Waals surface area contributed by atoms with Crippen LogP contribution in [0.25, 0.3) is 0 Å². The fourth-order valence-corrected chi connectivity index (χ4v) is 1.30. The molecule has 0 aromatic rings. The number of hydrogen-bond donors (Lipinski definition) is 0. The zero-order chi connectivity index (χ0) is 8.32. The van der Waals surface area contributed by atoms with Crippen molar-refractivity contribution < 1.29 is 9.47 Å². The van der Waals surface area contributed by atoms with Gasteiger partial charge in [0.2, 0.25) is 5.79 Å². The molecular weight excluding hydrogens is 140 g/mol. The van der Waals surface area contributed by atoms with Gasteiger partial charge in [0.1, 0.15) is 0 Å². The Balaban J connectivity index is 2.57. The molecular formula is C9H16O2. The van der Waals surface area contributed by atoms with Crippen LogP contribution in [0.3, 0.4) is 0 Å². The van der Waals surface area contributed by atoms with Crippen molar-refractivity contribution in [1.82, 2.24) is 0 Å². The predicted molar refractivity (Wildman–Crippen MR) is 44.0 cm³/mol. The minimum Gasteiger partial charge on any atom is -0.471 e. The van der Waals surface area contributed by atoms with Gasteiger partial charge in [-0.25, -0.2) is 0 Å². The van der Waals surface area contributed by atoms with Crippen molar-refractivity contribution in [2.45, 2.75) is 32.5 Å². The van der Waals surface area contributed by atoms with Crippen LogP contribution < -0.4 is 0 Å². The molecule has 0 aromatic heterocycles. The normalized spacial score (nSPS) is 36.8. The van der Waals surface area contributed by atoms with E-state index in [0.29, 0.717) is 5.92 Å². The van der Waals surface area contributed by atoms with E-state index in [1.54, 1.807) is 13.4 Å². The average molecular weight is 156 g/mol. The van der Waals surface area contributed by atoms with E-state index in [0.717, 1.165) is 12.8 Å². The van der Waals surface area contributed by atoms with Gasteiger partial charge in [-0.3, -0.25) is 0 Å². The van der Waals surface area contributed by atoms with Crippen LogP contribution in [0.5, 0.6) is 0 Å². The fraction of sp³-hybridized carbons (Fsp3) is 0.778. The first-order valence-corrected chi connectivity index (χ1v) is 4.10. The van der Waals surface area contributed by atoms with Crippen molar-refractivity contribution in [3.8, 4) is 0 Å². The monoisotopic (exact) mass is 156 g/mol. The van der Waals surface area contributed by atoms with Gasteiger partial charge in [-0.2, -0.15) is 0 Å². The van der Waals surface area contributed by atoms with Crippen LogP contribution in [0, 0.1) is 5.92 Å². The van der Waals surface area contributed by atoms with Gasteiger partial charge in [-0.1, -0.05) is 6.92 Å². The molecule has 0 aliphatic carbocycles. The van der Waals surface area contributed by atoms with Crippen molar-refractivity contribution >= 4 is 0 Å². The summed E-state index contributed by atoms with van der Waals surface area (Å²) in [5.74, 6) is 0.212. The van der Waals surface area contributed by atoms with Crippen molar-refractivity contribution in [3.05, 3.63) is 12.3 Å². The molecule has 0 spiro atoms. The van der Waals surface area contributed by atoms with Crippen LogP contribution >= 0.6 is 0 Å². The van der Waals surface area contributed by atoms with E-state index in [1.807, 2.05) is 6.92 Å². The summed E-state index contributed by atoms with van der Waals surface area (Å²) in [6.07, 6.45) is 5.96. The van der Waals surface area contributed by atoms with Gasteiger partial charge in [-0.05, 0) is 18.4 Å². The molecule has 0 amide bonds. The summed E-state index contributed by atoms with van der Waals surface area (Å²) in [5.41, 5.74) is 0. The molecule has 2 atom stereocenters. The van der Waals surface area contributed by atoms with E-state index in [2.05, 4.69) is 13.0 Å². The molecule has 11 heavy (non-hydrogen) atoms. The average Bonchev–Trinajstić information content (AvgIpc) is 2.05. The van der Waals surface area contributed by atoms with E-state index >= 15 is 0 Å². The summed E-state index contributed by atoms with van der Waals surface area (Å²) >= 11 is 0. The first kappa shape index (κ1) is 8.60. The van der Waals surface area contributed by atoms with Crippen LogP contribution in [0.4, 0.5) is 0 Å². The molecule has 2 nitrogen and oxygen atoms in total. The molecule has 1 heterocycles. The molecule has 0 aromatic carbocycles. The highest BCUT2D eigenvalue weighted by atomic mass is 16.7. The van der Waals surface area contributed by atoms with E-state index in [-0.39, 0.29) is 0 Å². The summed E-state index contributed by atoms with van der Waals surface area (Å²) < 4.78 is 10.6. The highest BCUT2D eigenvalue weighted by Crippen LogP contribution is 2.28. The number of methoxy groups -OCH3 is 1. The van der Waals surface area contributed by atoms with E-state index < -0.39 is 5.79 Å². The first-order valence-electron chi connectivity index (χ1n) is 4.10. The molecule has 0 bridgehead atoms. The van der Waals surface area contributed by atoms with Gasteiger partial charge in [0.05, 0.1) is 6.26 Å². The topological polar surface area (TPSA) is 18.5 Å². The summed E-state index contributed by atoms with van der Waals surface area (Å²) in [7, 11) is 1.69. The third kappa shape index (κ3) is 1.96. The van der Waals surface area contributed by atoms with E-state index in [4.69, 9.17) is 9.47 Å². The molecule has 0 N–H and O–H groups in total. The summed E-state index contributed by atoms with van der Waals surface area (Å²) in [6, 6.07) is 0. The maximum atomic E-state index is 5.34. The van der Waals surface area contributed by atoms with Gasteiger partial charge in [0.15, 0.2) is 0 Å². The van der Waals surface area contributed by atoms with Crippen molar-refractivity contribution in [2.75, 3.05) is 7.11 Å². The third-order valence-electron chi connectivity index (χ3n) is 2.26. The molecule has 1 aliphatic rings. The van der Waals surface area contributed by atoms with Crippen LogP contribution in [0.2, 0.25) is 0 Å². The first-order chi connectivity index (χ1) is 5.20. The molecule has 1 aliphatic heterocycles. The summed E-state index contributed by atoms with van der Waals surface area (Å²) in [6.45, 7) is 4.15. The number of hydrogen-bond acceptors (Lipinski definition) is 2. The Bertz CT molecular complexity index is 154. The minimum absolute atomic E-state index is 0.393. The molecule has 64 valence electrons. The Morgan fingerprint density at radius 3 is 3.00 bits per heavy atom. The van der Waals surface area contributed by atoms with Crippen LogP contribution in [0.1, 0.15) is 26.7 Å². The summed E-state index contributed by atoms with van der Waals surface area (Å²) in [5, 5.41) is 0. The van der Waals surface area contributed by atoms with Crippen LogP contribution in [0.15, 0.2) is 12.3 Å². The number of rotatable bonds is 2. The lowest BCUT2D eigenvalue weighted by Crippen LogP contribution is -2.33. The van der Waals surface area contributed by atoms with Gasteiger partial charge in [-0.15, -0.1) is 0 Å². The van der Waals surface area contributed by atoms with Crippen molar-refractivity contribution in [3.63, 3.8) is 0 Å². The van der Waals surface area contributed by atoms with E-state index in [9.17, 15) is 0 Å². The maximum absolute atomic E-state index is 5.34. The third-order valence-corrected chi connectivity index (χ3v) is 2.26. The highest BCUT2D eigenvalue weighted by molar-refractivity contribution is 4.91. The maximum Gasteiger partial charge on any atom is 0.207 e. The van der Waals surface area contributed by atoms with Gasteiger partial charge >= 0.3 is 0 Å². The molecule has 2 unspecified atom stereocenters. The SMILES string of the molecule is CCC1C=COC(C)(OC)C1. The minimum atomic E-state index is -0.393. The Morgan fingerprint density at radius 2 is 2.45 bits per heavy atom. The van der Waals surface area contributed by atoms with E-state index in [1.165, 1.54) is 0 Å². The lowest BCUT2D eigenvalue weighted by Gasteiger charge is -2.33. The zero-order valence-electron chi connectivity index (χ0n) is 7.46. The molecule has 0 fully saturated rings. The smallest absolute Gasteiger partial charge is 0.207 e. The Morgan fingerprint density at radius 1 is 1.73 bits per heavy atom. The Kier molecular flexibility index (Phi) is 2.55. The summed E-state index contributed by atoms with van der Waals surface area (Å²) in [4.78, 5) is 0. The number of ether oxygens (including phenoxy) is 2. The second-order valence-corrected chi connectivity index (χ2v) is 3.16. The molecule has 0 saturated carbocycles. The standard InChI is InChI=1S/C9H16O2/c1-4-8-5-6-11-9(2,7-8)10-3/h5-6,8H,4,7H2,1-3H3. The second kappa shape index (κ2) is 3.26. The Labute approximate surface area is 68.2 Å². The van der Waals surface area contributed by atoms with Crippen LogP contribution in [-0.4, -0.2) is 12.9 Å². The quantitative estimate of drug-likeness (QED) is 0.610. The lowest BCUT2D eigenvalue weighted by molar-refractivity contribution is -0.192. The van der Waals surface area contributed by atoms with Gasteiger partial charge in [0.25, 0.3) is 0 Å². The lowest BCUT2D eigenvalue weighted by atomic mass is 9.96. The second-order valence-electron chi connectivity index (χ2n) is 3.16. The highest BCUT2D eigenvalue weighted by Gasteiger charge is 2.29. The molecule has 0 radical (unpaired) electrons. The molecule has 2 heteroatoms. The van der Waals surface area contributed by atoms with Crippen LogP contribution in [-0.2, 0) is 9.47 Å². The van der Waals surface area contributed by atoms with Crippen molar-refractivity contribution in [2.24, 2.45) is 5.92 Å². The van der Waals surface area contributed by atoms with Gasteiger partial charge < -0.3 is 9.47 Å². The van der Waals surface area contributed by atoms with Gasteiger partial charge in [0, 0.05) is 20.5 Å².